The highest BCUT2D eigenvalue weighted by Gasteiger charge is 2.14. The fraction of sp³-hybridized carbons (Fsp3) is 0.0833. The average molecular weight is 369 g/mol. The van der Waals surface area contributed by atoms with Gasteiger partial charge in [-0.15, -0.1) is 0 Å². The lowest BCUT2D eigenvalue weighted by Crippen LogP contribution is -2.03. The average Bonchev–Trinajstić information content (AvgIpc) is 2.77. The van der Waals surface area contributed by atoms with Crippen LogP contribution in [0.25, 0.3) is 6.08 Å². The number of hydrogen-bond donors (Lipinski definition) is 0. The van der Waals surface area contributed by atoms with Crippen LogP contribution in [0.1, 0.15) is 21.5 Å². The number of carbonyl (C=O) groups excluding carboxylic acids is 1. The fourth-order valence-electron chi connectivity index (χ4n) is 2.69. The Morgan fingerprint density at radius 2 is 1.75 bits per heavy atom. The summed E-state index contributed by atoms with van der Waals surface area (Å²) >= 11 is 0. The van der Waals surface area contributed by atoms with Gasteiger partial charge in [-0.25, -0.2) is 0 Å². The Labute approximate surface area is 164 Å². The summed E-state index contributed by atoms with van der Waals surface area (Å²) in [6.45, 7) is 0.400. The number of hydrogen-bond acceptors (Lipinski definition) is 4. The quantitative estimate of drug-likeness (QED) is 0.332. The number of nitriles is 1. The van der Waals surface area contributed by atoms with Gasteiger partial charge >= 0.3 is 0 Å². The molecule has 0 heterocycles. The van der Waals surface area contributed by atoms with Crippen LogP contribution in [0.2, 0.25) is 0 Å². The fourth-order valence-corrected chi connectivity index (χ4v) is 2.69. The second-order valence-electron chi connectivity index (χ2n) is 6.04. The van der Waals surface area contributed by atoms with Crippen molar-refractivity contribution in [2.75, 3.05) is 7.11 Å². The molecule has 4 heteroatoms. The van der Waals surface area contributed by atoms with E-state index in [-0.39, 0.29) is 11.4 Å². The summed E-state index contributed by atoms with van der Waals surface area (Å²) in [4.78, 5) is 12.8. The summed E-state index contributed by atoms with van der Waals surface area (Å²) < 4.78 is 11.1. The number of Topliss-reactive ketones (excluding diaryl/α,β-unsaturated/α-hetero) is 1. The van der Waals surface area contributed by atoms with E-state index in [1.165, 1.54) is 7.11 Å². The molecule has 0 saturated carbocycles. The van der Waals surface area contributed by atoms with Crippen molar-refractivity contribution in [1.29, 1.82) is 5.26 Å². The number of ether oxygens (including phenoxy) is 2. The molecule has 0 fully saturated rings. The third kappa shape index (κ3) is 4.66. The van der Waals surface area contributed by atoms with Crippen molar-refractivity contribution in [2.45, 2.75) is 6.61 Å². The van der Waals surface area contributed by atoms with Crippen LogP contribution in [0.5, 0.6) is 11.5 Å². The molecule has 0 radical (unpaired) electrons. The lowest BCUT2D eigenvalue weighted by molar-refractivity contribution is 0.103. The van der Waals surface area contributed by atoms with E-state index >= 15 is 0 Å². The number of rotatable bonds is 7. The predicted octanol–water partition coefficient (Wildman–Crippen LogP) is 5.06. The number of nitrogens with zero attached hydrogens (tertiary/aromatic N) is 1. The molecular weight excluding hydrogens is 350 g/mol. The third-order valence-corrected chi connectivity index (χ3v) is 4.15. The zero-order chi connectivity index (χ0) is 19.8. The first-order valence-electron chi connectivity index (χ1n) is 8.77. The van der Waals surface area contributed by atoms with Gasteiger partial charge in [-0.3, -0.25) is 4.79 Å². The molecule has 0 unspecified atom stereocenters. The molecule has 0 N–H and O–H groups in total. The van der Waals surface area contributed by atoms with E-state index in [1.54, 1.807) is 30.3 Å². The van der Waals surface area contributed by atoms with Gasteiger partial charge in [0.2, 0.25) is 5.78 Å². The van der Waals surface area contributed by atoms with Crippen LogP contribution in [0.15, 0.2) is 84.4 Å². The standard InChI is InChI=1S/C24H19NO3/c1-27-22-12-7-11-20(15-22)24(26)21(16-25)14-19-10-5-6-13-23(19)28-17-18-8-3-2-4-9-18/h2-15H,17H2,1H3. The van der Waals surface area contributed by atoms with Crippen molar-refractivity contribution < 1.29 is 14.3 Å². The van der Waals surface area contributed by atoms with E-state index in [9.17, 15) is 10.1 Å². The van der Waals surface area contributed by atoms with Gasteiger partial charge in [-0.2, -0.15) is 5.26 Å². The molecule has 0 spiro atoms. The Bertz CT molecular complexity index is 1030. The summed E-state index contributed by atoms with van der Waals surface area (Å²) in [6.07, 6.45) is 1.56. The van der Waals surface area contributed by atoms with Crippen molar-refractivity contribution >= 4 is 11.9 Å². The Morgan fingerprint density at radius 1 is 1.00 bits per heavy atom. The summed E-state index contributed by atoms with van der Waals surface area (Å²) in [5.74, 6) is 0.812. The van der Waals surface area contributed by atoms with Gasteiger partial charge in [0.1, 0.15) is 29.7 Å². The summed E-state index contributed by atoms with van der Waals surface area (Å²) in [7, 11) is 1.53. The maximum absolute atomic E-state index is 12.8. The summed E-state index contributed by atoms with van der Waals surface area (Å²) in [5.41, 5.74) is 2.14. The number of methoxy groups -OCH3 is 1. The Balaban J connectivity index is 1.86. The number of allylic oxidation sites excluding steroid dienone is 1. The molecule has 0 saturated heterocycles. The largest absolute Gasteiger partial charge is 0.497 e. The van der Waals surface area contributed by atoms with Crippen LogP contribution in [0, 0.1) is 11.3 Å². The van der Waals surface area contributed by atoms with Gasteiger partial charge in [-0.05, 0) is 29.8 Å². The summed E-state index contributed by atoms with van der Waals surface area (Å²) in [5, 5.41) is 9.53. The highest BCUT2D eigenvalue weighted by Crippen LogP contribution is 2.24. The van der Waals surface area contributed by atoms with E-state index < -0.39 is 0 Å². The Hall–Kier alpha value is -3.84. The number of benzene rings is 3. The molecule has 4 nitrogen and oxygen atoms in total. The zero-order valence-electron chi connectivity index (χ0n) is 15.5. The first kappa shape index (κ1) is 18.9. The lowest BCUT2D eigenvalue weighted by atomic mass is 10.0. The molecule has 3 aromatic rings. The van der Waals surface area contributed by atoms with Crippen molar-refractivity contribution in [3.8, 4) is 17.6 Å². The van der Waals surface area contributed by atoms with Gasteiger partial charge < -0.3 is 9.47 Å². The molecular formula is C24H19NO3. The minimum absolute atomic E-state index is 0.0315. The van der Waals surface area contributed by atoms with Crippen molar-refractivity contribution in [1.82, 2.24) is 0 Å². The Morgan fingerprint density at radius 3 is 2.50 bits per heavy atom. The van der Waals surface area contributed by atoms with E-state index in [1.807, 2.05) is 60.7 Å². The highest BCUT2D eigenvalue weighted by atomic mass is 16.5. The third-order valence-electron chi connectivity index (χ3n) is 4.15. The van der Waals surface area contributed by atoms with Crippen LogP contribution < -0.4 is 9.47 Å². The van der Waals surface area contributed by atoms with Gasteiger partial charge in [0.25, 0.3) is 0 Å². The molecule has 3 aromatic carbocycles. The molecule has 0 amide bonds. The second kappa shape index (κ2) is 9.20. The second-order valence-corrected chi connectivity index (χ2v) is 6.04. The lowest BCUT2D eigenvalue weighted by Gasteiger charge is -2.10. The zero-order valence-corrected chi connectivity index (χ0v) is 15.5. The van der Waals surface area contributed by atoms with Gasteiger partial charge in [0.05, 0.1) is 7.11 Å². The minimum atomic E-state index is -0.362. The van der Waals surface area contributed by atoms with E-state index in [0.29, 0.717) is 29.2 Å². The maximum Gasteiger partial charge on any atom is 0.203 e. The monoisotopic (exact) mass is 369 g/mol. The van der Waals surface area contributed by atoms with Crippen LogP contribution >= 0.6 is 0 Å². The summed E-state index contributed by atoms with van der Waals surface area (Å²) in [6, 6.07) is 25.9. The van der Waals surface area contributed by atoms with Crippen molar-refractivity contribution in [2.24, 2.45) is 0 Å². The van der Waals surface area contributed by atoms with Gasteiger partial charge in [0.15, 0.2) is 0 Å². The van der Waals surface area contributed by atoms with Crippen molar-refractivity contribution in [3.63, 3.8) is 0 Å². The Kier molecular flexibility index (Phi) is 6.22. The molecule has 3 rings (SSSR count). The highest BCUT2D eigenvalue weighted by molar-refractivity contribution is 6.14. The van der Waals surface area contributed by atoms with E-state index in [4.69, 9.17) is 9.47 Å². The van der Waals surface area contributed by atoms with E-state index in [2.05, 4.69) is 0 Å². The number of para-hydroxylation sites is 1. The molecule has 0 aliphatic heterocycles. The molecule has 28 heavy (non-hydrogen) atoms. The first-order chi connectivity index (χ1) is 13.7. The van der Waals surface area contributed by atoms with Gasteiger partial charge in [-0.1, -0.05) is 60.7 Å². The minimum Gasteiger partial charge on any atom is -0.497 e. The molecule has 0 aliphatic carbocycles. The molecule has 0 atom stereocenters. The molecule has 0 aromatic heterocycles. The topological polar surface area (TPSA) is 59.3 Å². The normalized spacial score (nSPS) is 10.8. The smallest absolute Gasteiger partial charge is 0.203 e. The van der Waals surface area contributed by atoms with Crippen LogP contribution in [0.3, 0.4) is 0 Å². The molecule has 0 aliphatic rings. The van der Waals surface area contributed by atoms with Gasteiger partial charge in [0, 0.05) is 11.1 Å². The first-order valence-corrected chi connectivity index (χ1v) is 8.77. The number of carbonyl (C=O) groups is 1. The predicted molar refractivity (Wildman–Crippen MR) is 108 cm³/mol. The number of ketones is 1. The van der Waals surface area contributed by atoms with Crippen LogP contribution in [-0.2, 0) is 6.61 Å². The van der Waals surface area contributed by atoms with E-state index in [0.717, 1.165) is 5.56 Å². The van der Waals surface area contributed by atoms with Crippen LogP contribution in [-0.4, -0.2) is 12.9 Å². The molecule has 0 bridgehead atoms. The maximum atomic E-state index is 12.8. The SMILES string of the molecule is COc1cccc(C(=O)C(C#N)=Cc2ccccc2OCc2ccccc2)c1. The van der Waals surface area contributed by atoms with Crippen LogP contribution in [0.4, 0.5) is 0 Å². The van der Waals surface area contributed by atoms with Crippen molar-refractivity contribution in [3.05, 3.63) is 101 Å². The molecule has 138 valence electrons.